The second-order valence-corrected chi connectivity index (χ2v) is 10.9. The maximum absolute atomic E-state index is 11.6. The number of fused-ring (bicyclic) bond motifs is 5. The fourth-order valence-corrected chi connectivity index (χ4v) is 8.40. The van der Waals surface area contributed by atoms with Crippen LogP contribution in [0.15, 0.2) is 12.2 Å². The van der Waals surface area contributed by atoms with Crippen molar-refractivity contribution < 1.29 is 14.6 Å². The summed E-state index contributed by atoms with van der Waals surface area (Å²) in [7, 11) is 1.47. The van der Waals surface area contributed by atoms with Crippen molar-refractivity contribution in [2.75, 3.05) is 7.11 Å². The number of carbonyl (C=O) groups is 1. The van der Waals surface area contributed by atoms with Crippen molar-refractivity contribution in [1.82, 2.24) is 0 Å². The molecule has 3 fully saturated rings. The SMILES string of the molecule is COC(=O)CC[C@@H](C)[C@H]1CC[C@H]2[C@@H]3CC[C@H]4C=CCC[C@]4(C)[C@H]3C[C@H](O)[C@]12C. The Balaban J connectivity index is 1.55. The molecule has 1 N–H and O–H groups in total. The van der Waals surface area contributed by atoms with E-state index in [9.17, 15) is 9.90 Å². The first kappa shape index (κ1) is 20.4. The van der Waals surface area contributed by atoms with Crippen LogP contribution in [0, 0.1) is 46.3 Å². The van der Waals surface area contributed by atoms with Gasteiger partial charge in [-0.1, -0.05) is 32.9 Å². The monoisotopic (exact) mass is 388 g/mol. The average Bonchev–Trinajstić information content (AvgIpc) is 3.05. The molecule has 3 saturated carbocycles. The van der Waals surface area contributed by atoms with Crippen LogP contribution in [0.2, 0.25) is 0 Å². The third kappa shape index (κ3) is 2.99. The maximum Gasteiger partial charge on any atom is 0.305 e. The van der Waals surface area contributed by atoms with Crippen molar-refractivity contribution in [2.24, 2.45) is 46.3 Å². The number of methoxy groups -OCH3 is 1. The van der Waals surface area contributed by atoms with Crippen molar-refractivity contribution in [3.63, 3.8) is 0 Å². The molecule has 158 valence electrons. The Labute approximate surface area is 171 Å². The minimum Gasteiger partial charge on any atom is -0.469 e. The van der Waals surface area contributed by atoms with E-state index in [1.807, 2.05) is 0 Å². The van der Waals surface area contributed by atoms with Gasteiger partial charge in [0.1, 0.15) is 0 Å². The molecule has 28 heavy (non-hydrogen) atoms. The largest absolute Gasteiger partial charge is 0.469 e. The van der Waals surface area contributed by atoms with Crippen LogP contribution in [0.5, 0.6) is 0 Å². The number of aliphatic hydroxyl groups excluding tert-OH is 1. The molecule has 3 heteroatoms. The van der Waals surface area contributed by atoms with E-state index in [1.54, 1.807) is 0 Å². The van der Waals surface area contributed by atoms with E-state index in [0.717, 1.165) is 24.7 Å². The molecule has 0 aromatic heterocycles. The maximum atomic E-state index is 11.6. The summed E-state index contributed by atoms with van der Waals surface area (Å²) in [6, 6.07) is 0. The fraction of sp³-hybridized carbons (Fsp3) is 0.880. The van der Waals surface area contributed by atoms with Gasteiger partial charge in [0.05, 0.1) is 13.2 Å². The lowest BCUT2D eigenvalue weighted by Gasteiger charge is -2.61. The van der Waals surface area contributed by atoms with Crippen molar-refractivity contribution in [3.8, 4) is 0 Å². The molecule has 4 aliphatic carbocycles. The zero-order valence-electron chi connectivity index (χ0n) is 18.3. The molecule has 9 atom stereocenters. The summed E-state index contributed by atoms with van der Waals surface area (Å²) < 4.78 is 4.85. The molecule has 0 unspecified atom stereocenters. The second kappa shape index (κ2) is 7.45. The third-order valence-corrected chi connectivity index (χ3v) is 10.1. The van der Waals surface area contributed by atoms with E-state index in [-0.39, 0.29) is 17.5 Å². The van der Waals surface area contributed by atoms with Crippen molar-refractivity contribution >= 4 is 5.97 Å². The van der Waals surface area contributed by atoms with Gasteiger partial charge >= 0.3 is 5.97 Å². The number of aliphatic hydroxyl groups is 1. The predicted octanol–water partition coefficient (Wildman–Crippen LogP) is 5.37. The van der Waals surface area contributed by atoms with Crippen LogP contribution in [-0.4, -0.2) is 24.3 Å². The Morgan fingerprint density at radius 2 is 2.00 bits per heavy atom. The number of hydrogen-bond donors (Lipinski definition) is 1. The first-order valence-corrected chi connectivity index (χ1v) is 11.7. The fourth-order valence-electron chi connectivity index (χ4n) is 8.40. The van der Waals surface area contributed by atoms with Gasteiger partial charge in [-0.2, -0.15) is 0 Å². The molecule has 0 aromatic carbocycles. The molecule has 4 rings (SSSR count). The molecule has 0 saturated heterocycles. The highest BCUT2D eigenvalue weighted by Gasteiger charge is 2.63. The van der Waals surface area contributed by atoms with Crippen LogP contribution in [-0.2, 0) is 9.53 Å². The Morgan fingerprint density at radius 3 is 2.75 bits per heavy atom. The number of carbonyl (C=O) groups excluding carboxylic acids is 1. The topological polar surface area (TPSA) is 46.5 Å². The Morgan fingerprint density at radius 1 is 1.21 bits per heavy atom. The minimum absolute atomic E-state index is 0.0183. The smallest absolute Gasteiger partial charge is 0.305 e. The molecule has 0 radical (unpaired) electrons. The van der Waals surface area contributed by atoms with Crippen LogP contribution in [0.3, 0.4) is 0 Å². The second-order valence-electron chi connectivity index (χ2n) is 10.9. The van der Waals surface area contributed by atoms with Gasteiger partial charge < -0.3 is 9.84 Å². The molecule has 0 heterocycles. The summed E-state index contributed by atoms with van der Waals surface area (Å²) in [5, 5.41) is 11.5. The van der Waals surface area contributed by atoms with Crippen LogP contribution >= 0.6 is 0 Å². The highest BCUT2D eigenvalue weighted by molar-refractivity contribution is 5.69. The van der Waals surface area contributed by atoms with Gasteiger partial charge in [-0.05, 0) is 97.7 Å². The van der Waals surface area contributed by atoms with Gasteiger partial charge in [-0.25, -0.2) is 0 Å². The van der Waals surface area contributed by atoms with Crippen molar-refractivity contribution in [2.45, 2.75) is 84.7 Å². The van der Waals surface area contributed by atoms with Crippen molar-refractivity contribution in [1.29, 1.82) is 0 Å². The van der Waals surface area contributed by atoms with E-state index in [4.69, 9.17) is 4.74 Å². The zero-order chi connectivity index (χ0) is 20.1. The minimum atomic E-state index is -0.201. The van der Waals surface area contributed by atoms with E-state index in [1.165, 1.54) is 45.6 Å². The lowest BCUT2D eigenvalue weighted by molar-refractivity contribution is -0.159. The standard InChI is InChI=1S/C25H40O3/c1-16(8-13-23(27)28-4)19-11-12-20-18-10-9-17-7-5-6-14-24(17,2)21(18)15-22(26)25(19,20)3/h5,7,16-22,26H,6,8-15H2,1-4H3/t16-,17-,18+,19-,20+,21+,22+,24+,25-/m1/s1. The number of allylic oxidation sites excluding steroid dienone is 2. The number of ether oxygens (including phenoxy) is 1. The van der Waals surface area contributed by atoms with E-state index >= 15 is 0 Å². The number of hydrogen-bond acceptors (Lipinski definition) is 3. The Kier molecular flexibility index (Phi) is 5.44. The molecule has 4 aliphatic rings. The summed E-state index contributed by atoms with van der Waals surface area (Å²) in [5.41, 5.74) is 0.402. The van der Waals surface area contributed by atoms with E-state index in [2.05, 4.69) is 32.9 Å². The van der Waals surface area contributed by atoms with E-state index in [0.29, 0.717) is 35.5 Å². The summed E-state index contributed by atoms with van der Waals surface area (Å²) in [5.74, 6) is 3.70. The normalized spacial score (nSPS) is 48.3. The summed E-state index contributed by atoms with van der Waals surface area (Å²) in [6.07, 6.45) is 14.7. The van der Waals surface area contributed by atoms with E-state index < -0.39 is 0 Å². The summed E-state index contributed by atoms with van der Waals surface area (Å²) in [6.45, 7) is 7.21. The molecule has 3 nitrogen and oxygen atoms in total. The van der Waals surface area contributed by atoms with Crippen LogP contribution in [0.4, 0.5) is 0 Å². The average molecular weight is 389 g/mol. The Bertz CT molecular complexity index is 627. The molecule has 0 aliphatic heterocycles. The highest BCUT2D eigenvalue weighted by Crippen LogP contribution is 2.67. The van der Waals surface area contributed by atoms with Gasteiger partial charge in [0.25, 0.3) is 0 Å². The van der Waals surface area contributed by atoms with Gasteiger partial charge in [0.2, 0.25) is 0 Å². The number of esters is 1. The van der Waals surface area contributed by atoms with Crippen LogP contribution in [0.25, 0.3) is 0 Å². The Hall–Kier alpha value is -0.830. The zero-order valence-corrected chi connectivity index (χ0v) is 18.3. The van der Waals surface area contributed by atoms with Crippen LogP contribution < -0.4 is 0 Å². The predicted molar refractivity (Wildman–Crippen MR) is 112 cm³/mol. The first-order chi connectivity index (χ1) is 13.3. The summed E-state index contributed by atoms with van der Waals surface area (Å²) in [4.78, 5) is 11.6. The van der Waals surface area contributed by atoms with Gasteiger partial charge in [-0.15, -0.1) is 0 Å². The molecular formula is C25H40O3. The van der Waals surface area contributed by atoms with Crippen LogP contribution in [0.1, 0.15) is 78.6 Å². The lowest BCUT2D eigenvalue weighted by Crippen LogP contribution is -2.57. The first-order valence-electron chi connectivity index (χ1n) is 11.7. The molecule has 0 aromatic rings. The molecule has 0 bridgehead atoms. The third-order valence-electron chi connectivity index (χ3n) is 10.1. The lowest BCUT2D eigenvalue weighted by atomic mass is 9.44. The molecule has 0 amide bonds. The van der Waals surface area contributed by atoms with Gasteiger partial charge in [0.15, 0.2) is 0 Å². The molecular weight excluding hydrogens is 348 g/mol. The quantitative estimate of drug-likeness (QED) is 0.520. The number of rotatable bonds is 4. The van der Waals surface area contributed by atoms with Gasteiger partial charge in [-0.3, -0.25) is 4.79 Å². The molecule has 0 spiro atoms. The van der Waals surface area contributed by atoms with Crippen molar-refractivity contribution in [3.05, 3.63) is 12.2 Å². The van der Waals surface area contributed by atoms with Gasteiger partial charge in [0, 0.05) is 6.42 Å². The highest BCUT2D eigenvalue weighted by atomic mass is 16.5. The summed E-state index contributed by atoms with van der Waals surface area (Å²) >= 11 is 0.